The lowest BCUT2D eigenvalue weighted by molar-refractivity contribution is -0.0448. The van der Waals surface area contributed by atoms with Gasteiger partial charge >= 0.3 is 0 Å². The van der Waals surface area contributed by atoms with Crippen molar-refractivity contribution >= 4 is 0 Å². The Morgan fingerprint density at radius 1 is 1.32 bits per heavy atom. The number of halogens is 1. The van der Waals surface area contributed by atoms with E-state index in [1.165, 1.54) is 12.2 Å². The van der Waals surface area contributed by atoms with Crippen LogP contribution in [0.3, 0.4) is 0 Å². The molecule has 2 atom stereocenters. The quantitative estimate of drug-likeness (QED) is 0.496. The van der Waals surface area contributed by atoms with Gasteiger partial charge in [-0.1, -0.05) is 23.9 Å². The Kier molecular flexibility index (Phi) is 7.27. The molecule has 0 radical (unpaired) electrons. The van der Waals surface area contributed by atoms with Gasteiger partial charge in [-0.05, 0) is 50.4 Å². The maximum Gasteiger partial charge on any atom is 0.180 e. The standard InChI is InChI=1S/C23H28FNO3/c1-27-15-5-4-13-23(26,18-8-7-14-25-17-18)21-11-2-3-12-22(21)28-20-10-6-9-19(24)16-20/h2-3,9,11-12,16,18,25-26H,4-5,7-8,13-15,17H2,1H3/t18-,23+/m1/s1. The van der Waals surface area contributed by atoms with Gasteiger partial charge in [-0.25, -0.2) is 4.39 Å². The first-order chi connectivity index (χ1) is 13.6. The van der Waals surface area contributed by atoms with Crippen LogP contribution < -0.4 is 10.1 Å². The van der Waals surface area contributed by atoms with Crippen molar-refractivity contribution in [3.05, 3.63) is 65.0 Å². The van der Waals surface area contributed by atoms with Gasteiger partial charge in [0.25, 0.3) is 0 Å². The van der Waals surface area contributed by atoms with E-state index in [1.54, 1.807) is 7.11 Å². The molecule has 0 spiro atoms. The molecule has 1 aliphatic carbocycles. The molecule has 150 valence electrons. The summed E-state index contributed by atoms with van der Waals surface area (Å²) in [5, 5.41) is 15.3. The van der Waals surface area contributed by atoms with Gasteiger partial charge in [-0.2, -0.15) is 0 Å². The highest BCUT2D eigenvalue weighted by Gasteiger charge is 2.40. The van der Waals surface area contributed by atoms with Gasteiger partial charge in [0.1, 0.15) is 11.6 Å². The Morgan fingerprint density at radius 2 is 2.18 bits per heavy atom. The summed E-state index contributed by atoms with van der Waals surface area (Å²) in [6.45, 7) is 2.41. The maximum absolute atomic E-state index is 13.5. The molecule has 5 heteroatoms. The van der Waals surface area contributed by atoms with E-state index in [2.05, 4.69) is 16.8 Å². The molecule has 1 aromatic rings. The van der Waals surface area contributed by atoms with Crippen LogP contribution in [0.25, 0.3) is 0 Å². The van der Waals surface area contributed by atoms with Crippen molar-refractivity contribution in [3.63, 3.8) is 0 Å². The van der Waals surface area contributed by atoms with E-state index in [1.807, 2.05) is 24.3 Å². The number of hydrogen-bond donors (Lipinski definition) is 2. The second-order valence-electron chi connectivity index (χ2n) is 7.32. The van der Waals surface area contributed by atoms with Gasteiger partial charge in [0.15, 0.2) is 5.76 Å². The number of methoxy groups -OCH3 is 1. The van der Waals surface area contributed by atoms with E-state index in [0.717, 1.165) is 44.3 Å². The number of ether oxygens (including phenoxy) is 2. The normalized spacial score (nSPS) is 21.0. The third kappa shape index (κ3) is 5.02. The molecular formula is C23H28FNO3. The molecule has 1 heterocycles. The van der Waals surface area contributed by atoms with Gasteiger partial charge in [0.2, 0.25) is 0 Å². The first kappa shape index (κ1) is 20.6. The molecule has 4 nitrogen and oxygen atoms in total. The second kappa shape index (κ2) is 9.88. The van der Waals surface area contributed by atoms with Crippen LogP contribution in [-0.4, -0.2) is 31.9 Å². The van der Waals surface area contributed by atoms with Crippen molar-refractivity contribution in [2.24, 2.45) is 5.92 Å². The van der Waals surface area contributed by atoms with E-state index in [-0.39, 0.29) is 11.7 Å². The molecule has 0 amide bonds. The summed E-state index contributed by atoms with van der Waals surface area (Å²) in [6, 6.07) is 7.47. The van der Waals surface area contributed by atoms with Gasteiger partial charge < -0.3 is 19.9 Å². The monoisotopic (exact) mass is 385 g/mol. The lowest BCUT2D eigenvalue weighted by Gasteiger charge is -2.40. The zero-order chi connectivity index (χ0) is 19.8. The SMILES string of the molecule is COCCCC[C@@](O)(c1ccccc1OC1=C=C=CC(F)=C1)[C@@H]1CCCNC1. The summed E-state index contributed by atoms with van der Waals surface area (Å²) < 4.78 is 24.6. The predicted octanol–water partition coefficient (Wildman–Crippen LogP) is 4.13. The molecule has 0 unspecified atom stereocenters. The first-order valence-corrected chi connectivity index (χ1v) is 9.92. The second-order valence-corrected chi connectivity index (χ2v) is 7.32. The average Bonchev–Trinajstić information content (AvgIpc) is 2.72. The number of aliphatic hydroxyl groups is 1. The van der Waals surface area contributed by atoms with Crippen LogP contribution in [0.4, 0.5) is 4.39 Å². The van der Waals surface area contributed by atoms with Crippen molar-refractivity contribution in [2.45, 2.75) is 37.7 Å². The fourth-order valence-corrected chi connectivity index (χ4v) is 3.92. The minimum atomic E-state index is -1.03. The van der Waals surface area contributed by atoms with Crippen molar-refractivity contribution in [1.82, 2.24) is 5.32 Å². The van der Waals surface area contributed by atoms with Gasteiger partial charge in [0.05, 0.1) is 5.60 Å². The van der Waals surface area contributed by atoms with E-state index >= 15 is 0 Å². The fraction of sp³-hybridized carbons (Fsp3) is 0.478. The van der Waals surface area contributed by atoms with Crippen LogP contribution in [0.1, 0.15) is 37.7 Å². The number of benzene rings is 1. The highest BCUT2D eigenvalue weighted by molar-refractivity contribution is 5.41. The summed E-state index contributed by atoms with van der Waals surface area (Å²) in [5.74, 6) is 0.419. The number of para-hydroxylation sites is 1. The summed E-state index contributed by atoms with van der Waals surface area (Å²) in [4.78, 5) is 0. The van der Waals surface area contributed by atoms with Crippen molar-refractivity contribution < 1.29 is 19.0 Å². The molecule has 28 heavy (non-hydrogen) atoms. The minimum Gasteiger partial charge on any atom is -0.448 e. The van der Waals surface area contributed by atoms with E-state index in [4.69, 9.17) is 9.47 Å². The Balaban J connectivity index is 1.90. The van der Waals surface area contributed by atoms with Crippen molar-refractivity contribution in [1.29, 1.82) is 0 Å². The number of hydrogen-bond acceptors (Lipinski definition) is 4. The summed E-state index contributed by atoms with van der Waals surface area (Å²) in [6.07, 6.45) is 6.79. The van der Waals surface area contributed by atoms with Gasteiger partial charge in [0, 0.05) is 43.9 Å². The van der Waals surface area contributed by atoms with E-state index in [0.29, 0.717) is 18.8 Å². The number of rotatable bonds is 9. The molecule has 1 saturated heterocycles. The lowest BCUT2D eigenvalue weighted by Crippen LogP contribution is -2.44. The Bertz CT molecular complexity index is 800. The summed E-state index contributed by atoms with van der Waals surface area (Å²) in [5.41, 5.74) is 5.09. The predicted molar refractivity (Wildman–Crippen MR) is 107 cm³/mol. The molecule has 2 aliphatic rings. The fourth-order valence-electron chi connectivity index (χ4n) is 3.92. The van der Waals surface area contributed by atoms with Crippen molar-refractivity contribution in [2.75, 3.05) is 26.8 Å². The Morgan fingerprint density at radius 3 is 2.93 bits per heavy atom. The molecule has 0 bridgehead atoms. The molecule has 1 aromatic carbocycles. The average molecular weight is 385 g/mol. The Hall–Kier alpha value is -2.13. The summed E-state index contributed by atoms with van der Waals surface area (Å²) >= 11 is 0. The largest absolute Gasteiger partial charge is 0.448 e. The van der Waals surface area contributed by atoms with Crippen LogP contribution in [0.15, 0.2) is 59.5 Å². The highest BCUT2D eigenvalue weighted by Crippen LogP contribution is 2.42. The maximum atomic E-state index is 13.5. The lowest BCUT2D eigenvalue weighted by atomic mass is 9.74. The highest BCUT2D eigenvalue weighted by atomic mass is 19.1. The number of unbranched alkanes of at least 4 members (excludes halogenated alkanes) is 1. The third-order valence-electron chi connectivity index (χ3n) is 5.38. The molecule has 0 aromatic heterocycles. The first-order valence-electron chi connectivity index (χ1n) is 9.92. The molecule has 0 saturated carbocycles. The third-order valence-corrected chi connectivity index (χ3v) is 5.38. The molecular weight excluding hydrogens is 357 g/mol. The van der Waals surface area contributed by atoms with Crippen LogP contribution in [0.5, 0.6) is 5.75 Å². The van der Waals surface area contributed by atoms with E-state index in [9.17, 15) is 9.50 Å². The van der Waals surface area contributed by atoms with Gasteiger partial charge in [-0.3, -0.25) is 0 Å². The number of nitrogens with one attached hydrogen (secondary N) is 1. The van der Waals surface area contributed by atoms with Crippen LogP contribution in [-0.2, 0) is 10.3 Å². The summed E-state index contributed by atoms with van der Waals surface area (Å²) in [7, 11) is 1.69. The van der Waals surface area contributed by atoms with Crippen LogP contribution in [0, 0.1) is 5.92 Å². The van der Waals surface area contributed by atoms with Gasteiger partial charge in [-0.15, -0.1) is 0 Å². The molecule has 1 aliphatic heterocycles. The van der Waals surface area contributed by atoms with Crippen LogP contribution in [0.2, 0.25) is 0 Å². The number of allylic oxidation sites excluding steroid dienone is 3. The smallest absolute Gasteiger partial charge is 0.180 e. The van der Waals surface area contributed by atoms with E-state index < -0.39 is 11.4 Å². The zero-order valence-electron chi connectivity index (χ0n) is 16.3. The van der Waals surface area contributed by atoms with Crippen LogP contribution >= 0.6 is 0 Å². The topological polar surface area (TPSA) is 50.7 Å². The molecule has 2 N–H and O–H groups in total. The molecule has 3 rings (SSSR count). The molecule has 1 fully saturated rings. The minimum absolute atomic E-state index is 0.0802. The van der Waals surface area contributed by atoms with Crippen molar-refractivity contribution in [3.8, 4) is 5.75 Å². The zero-order valence-corrected chi connectivity index (χ0v) is 16.3. The number of piperidine rings is 1. The Labute approximate surface area is 166 Å².